The van der Waals surface area contributed by atoms with Crippen molar-refractivity contribution in [2.45, 2.75) is 13.8 Å². The molecule has 3 heteroatoms. The third kappa shape index (κ3) is 1.65. The van der Waals surface area contributed by atoms with Crippen LogP contribution in [0, 0.1) is 13.8 Å². The smallest absolute Gasteiger partial charge is 0.150 e. The Labute approximate surface area is 94.7 Å². The lowest BCUT2D eigenvalue weighted by atomic mass is 9.99. The summed E-state index contributed by atoms with van der Waals surface area (Å²) < 4.78 is 1.85. The first-order chi connectivity index (χ1) is 7.63. The van der Waals surface area contributed by atoms with Gasteiger partial charge in [-0.2, -0.15) is 5.10 Å². The van der Waals surface area contributed by atoms with Crippen molar-refractivity contribution in [3.8, 4) is 11.1 Å². The molecular formula is C13H14N2O. The summed E-state index contributed by atoms with van der Waals surface area (Å²) in [7, 11) is 1.92. The molecule has 0 aliphatic carbocycles. The van der Waals surface area contributed by atoms with E-state index >= 15 is 0 Å². The Balaban J connectivity index is 2.56. The van der Waals surface area contributed by atoms with Crippen LogP contribution < -0.4 is 0 Å². The molecule has 0 spiro atoms. The summed E-state index contributed by atoms with van der Waals surface area (Å²) in [6.07, 6.45) is 2.73. The topological polar surface area (TPSA) is 34.9 Å². The first-order valence-electron chi connectivity index (χ1n) is 5.18. The molecule has 2 aromatic rings. The SMILES string of the molecule is Cc1cc(C=O)ccc1-c1cnn(C)c1C. The minimum Gasteiger partial charge on any atom is -0.298 e. The fourth-order valence-electron chi connectivity index (χ4n) is 1.83. The molecule has 0 aliphatic rings. The van der Waals surface area contributed by atoms with Crippen molar-refractivity contribution >= 4 is 6.29 Å². The van der Waals surface area contributed by atoms with Crippen LogP contribution in [-0.4, -0.2) is 16.1 Å². The van der Waals surface area contributed by atoms with Crippen LogP contribution in [0.4, 0.5) is 0 Å². The zero-order valence-corrected chi connectivity index (χ0v) is 9.69. The Hall–Kier alpha value is -1.90. The highest BCUT2D eigenvalue weighted by atomic mass is 16.1. The number of nitrogens with zero attached hydrogens (tertiary/aromatic N) is 2. The van der Waals surface area contributed by atoms with Gasteiger partial charge in [-0.05, 0) is 31.0 Å². The van der Waals surface area contributed by atoms with E-state index in [9.17, 15) is 4.79 Å². The Kier molecular flexibility index (Phi) is 2.60. The van der Waals surface area contributed by atoms with Gasteiger partial charge in [0.2, 0.25) is 0 Å². The van der Waals surface area contributed by atoms with E-state index in [2.05, 4.69) is 5.10 Å². The van der Waals surface area contributed by atoms with Crippen molar-refractivity contribution in [3.63, 3.8) is 0 Å². The van der Waals surface area contributed by atoms with E-state index in [1.54, 1.807) is 0 Å². The fourth-order valence-corrected chi connectivity index (χ4v) is 1.83. The summed E-state index contributed by atoms with van der Waals surface area (Å²) in [5.74, 6) is 0. The Morgan fingerprint density at radius 3 is 2.50 bits per heavy atom. The number of hydrogen-bond acceptors (Lipinski definition) is 2. The molecule has 1 heterocycles. The van der Waals surface area contributed by atoms with E-state index < -0.39 is 0 Å². The molecule has 82 valence electrons. The molecular weight excluding hydrogens is 200 g/mol. The van der Waals surface area contributed by atoms with Crippen molar-refractivity contribution in [2.75, 3.05) is 0 Å². The predicted octanol–water partition coefficient (Wildman–Crippen LogP) is 2.52. The maximum absolute atomic E-state index is 10.7. The molecule has 1 aromatic heterocycles. The average molecular weight is 214 g/mol. The lowest BCUT2D eigenvalue weighted by Gasteiger charge is -2.05. The molecule has 0 amide bonds. The van der Waals surface area contributed by atoms with E-state index in [1.807, 2.05) is 50.0 Å². The monoisotopic (exact) mass is 214 g/mol. The van der Waals surface area contributed by atoms with E-state index in [1.165, 1.54) is 0 Å². The van der Waals surface area contributed by atoms with Crippen LogP contribution in [-0.2, 0) is 7.05 Å². The van der Waals surface area contributed by atoms with Crippen molar-refractivity contribution in [2.24, 2.45) is 7.05 Å². The summed E-state index contributed by atoms with van der Waals surface area (Å²) >= 11 is 0. The van der Waals surface area contributed by atoms with Crippen LogP contribution in [0.3, 0.4) is 0 Å². The maximum Gasteiger partial charge on any atom is 0.150 e. The molecule has 0 bridgehead atoms. The summed E-state index contributed by atoms with van der Waals surface area (Å²) in [5.41, 5.74) is 5.19. The van der Waals surface area contributed by atoms with Gasteiger partial charge in [0.25, 0.3) is 0 Å². The summed E-state index contributed by atoms with van der Waals surface area (Å²) in [4.78, 5) is 10.7. The zero-order valence-electron chi connectivity index (χ0n) is 9.69. The second kappa shape index (κ2) is 3.93. The van der Waals surface area contributed by atoms with Crippen molar-refractivity contribution in [3.05, 3.63) is 41.2 Å². The standard InChI is InChI=1S/C13H14N2O/c1-9-6-11(8-16)4-5-12(9)13-7-14-15(3)10(13)2/h4-8H,1-3H3. The number of aromatic nitrogens is 2. The minimum absolute atomic E-state index is 0.711. The Morgan fingerprint density at radius 2 is 2.00 bits per heavy atom. The fraction of sp³-hybridized carbons (Fsp3) is 0.231. The number of hydrogen-bond donors (Lipinski definition) is 0. The van der Waals surface area contributed by atoms with Gasteiger partial charge in [0.1, 0.15) is 6.29 Å². The van der Waals surface area contributed by atoms with Crippen LogP contribution in [0.2, 0.25) is 0 Å². The molecule has 0 atom stereocenters. The van der Waals surface area contributed by atoms with Gasteiger partial charge in [-0.3, -0.25) is 9.48 Å². The van der Waals surface area contributed by atoms with Gasteiger partial charge in [-0.1, -0.05) is 12.1 Å². The highest BCUT2D eigenvalue weighted by molar-refractivity contribution is 5.78. The van der Waals surface area contributed by atoms with Crippen LogP contribution in [0.15, 0.2) is 24.4 Å². The molecule has 0 saturated carbocycles. The number of benzene rings is 1. The molecule has 0 unspecified atom stereocenters. The number of aldehydes is 1. The van der Waals surface area contributed by atoms with Crippen molar-refractivity contribution < 1.29 is 4.79 Å². The van der Waals surface area contributed by atoms with Crippen molar-refractivity contribution in [1.29, 1.82) is 0 Å². The molecule has 0 aliphatic heterocycles. The predicted molar refractivity (Wildman–Crippen MR) is 63.5 cm³/mol. The maximum atomic E-state index is 10.7. The summed E-state index contributed by atoms with van der Waals surface area (Å²) in [6, 6.07) is 5.71. The molecule has 3 nitrogen and oxygen atoms in total. The lowest BCUT2D eigenvalue weighted by Crippen LogP contribution is -1.93. The second-order valence-corrected chi connectivity index (χ2v) is 3.96. The van der Waals surface area contributed by atoms with Crippen LogP contribution in [0.25, 0.3) is 11.1 Å². The molecule has 0 saturated heterocycles. The van der Waals surface area contributed by atoms with Crippen LogP contribution in [0.5, 0.6) is 0 Å². The van der Waals surface area contributed by atoms with Gasteiger partial charge >= 0.3 is 0 Å². The number of aryl methyl sites for hydroxylation is 2. The quantitative estimate of drug-likeness (QED) is 0.720. The second-order valence-electron chi connectivity index (χ2n) is 3.96. The number of carbonyl (C=O) groups excluding carboxylic acids is 1. The van der Waals surface area contributed by atoms with Crippen molar-refractivity contribution in [1.82, 2.24) is 9.78 Å². The van der Waals surface area contributed by atoms with Gasteiger partial charge in [0.15, 0.2) is 0 Å². The van der Waals surface area contributed by atoms with E-state index in [0.29, 0.717) is 5.56 Å². The lowest BCUT2D eigenvalue weighted by molar-refractivity contribution is 0.112. The van der Waals surface area contributed by atoms with E-state index in [0.717, 1.165) is 28.7 Å². The highest BCUT2D eigenvalue weighted by Crippen LogP contribution is 2.26. The Bertz CT molecular complexity index is 541. The molecule has 16 heavy (non-hydrogen) atoms. The van der Waals surface area contributed by atoms with Crippen LogP contribution >= 0.6 is 0 Å². The number of carbonyl (C=O) groups is 1. The molecule has 0 fully saturated rings. The van der Waals surface area contributed by atoms with E-state index in [-0.39, 0.29) is 0 Å². The first kappa shape index (κ1) is 10.6. The summed E-state index contributed by atoms with van der Waals surface area (Å²) in [5, 5.41) is 4.22. The normalized spacial score (nSPS) is 10.4. The van der Waals surface area contributed by atoms with Gasteiger partial charge in [-0.15, -0.1) is 0 Å². The molecule has 2 rings (SSSR count). The van der Waals surface area contributed by atoms with Gasteiger partial charge in [0.05, 0.1) is 6.20 Å². The molecule has 0 N–H and O–H groups in total. The van der Waals surface area contributed by atoms with Crippen LogP contribution in [0.1, 0.15) is 21.6 Å². The van der Waals surface area contributed by atoms with E-state index in [4.69, 9.17) is 0 Å². The average Bonchev–Trinajstić information content (AvgIpc) is 2.60. The van der Waals surface area contributed by atoms with Gasteiger partial charge in [0, 0.05) is 23.9 Å². The third-order valence-electron chi connectivity index (χ3n) is 2.91. The molecule has 0 radical (unpaired) electrons. The Morgan fingerprint density at radius 1 is 1.25 bits per heavy atom. The zero-order chi connectivity index (χ0) is 11.7. The molecule has 1 aromatic carbocycles. The minimum atomic E-state index is 0.711. The first-order valence-corrected chi connectivity index (χ1v) is 5.18. The third-order valence-corrected chi connectivity index (χ3v) is 2.91. The van der Waals surface area contributed by atoms with Gasteiger partial charge in [-0.25, -0.2) is 0 Å². The highest BCUT2D eigenvalue weighted by Gasteiger charge is 2.08. The largest absolute Gasteiger partial charge is 0.298 e. The summed E-state index contributed by atoms with van der Waals surface area (Å²) in [6.45, 7) is 4.05. The number of rotatable bonds is 2. The van der Waals surface area contributed by atoms with Gasteiger partial charge < -0.3 is 0 Å².